The summed E-state index contributed by atoms with van der Waals surface area (Å²) in [5, 5.41) is 9.58. The minimum absolute atomic E-state index is 0. The molecule has 2 aliphatic carbocycles. The second kappa shape index (κ2) is 8.78. The third-order valence-corrected chi connectivity index (χ3v) is 6.58. The van der Waals surface area contributed by atoms with Gasteiger partial charge in [-0.05, 0) is 24.0 Å². The molecule has 5 nitrogen and oxygen atoms in total. The van der Waals surface area contributed by atoms with E-state index in [1.165, 1.54) is 11.1 Å². The van der Waals surface area contributed by atoms with Gasteiger partial charge in [0.2, 0.25) is 11.8 Å². The van der Waals surface area contributed by atoms with E-state index in [1.807, 2.05) is 36.4 Å². The molecule has 2 saturated carbocycles. The second-order valence-electron chi connectivity index (χ2n) is 8.61. The lowest BCUT2D eigenvalue weighted by Gasteiger charge is -2.18. The monoisotopic (exact) mass is 425 g/mol. The molecule has 5 rings (SSSR count). The van der Waals surface area contributed by atoms with Crippen molar-refractivity contribution >= 4 is 24.2 Å². The third-order valence-electron chi connectivity index (χ3n) is 6.58. The van der Waals surface area contributed by atoms with Crippen molar-refractivity contribution in [2.24, 2.45) is 11.8 Å². The molecule has 2 aromatic carbocycles. The molecule has 3 aliphatic rings. The average Bonchev–Trinajstić information content (AvgIpc) is 3.65. The van der Waals surface area contributed by atoms with Crippen LogP contribution in [0.15, 0.2) is 60.7 Å². The highest BCUT2D eigenvalue weighted by molar-refractivity contribution is 5.89. The van der Waals surface area contributed by atoms with E-state index in [9.17, 15) is 9.59 Å². The summed E-state index contributed by atoms with van der Waals surface area (Å²) in [5.41, 5.74) is 2.55. The lowest BCUT2D eigenvalue weighted by molar-refractivity contribution is -0.133. The summed E-state index contributed by atoms with van der Waals surface area (Å²) < 4.78 is 0. The maximum absolute atomic E-state index is 12.8. The van der Waals surface area contributed by atoms with E-state index in [0.717, 1.165) is 12.8 Å². The lowest BCUT2D eigenvalue weighted by atomic mass is 9.94. The average molecular weight is 426 g/mol. The lowest BCUT2D eigenvalue weighted by Crippen LogP contribution is -2.43. The fourth-order valence-corrected chi connectivity index (χ4v) is 4.66. The predicted molar refractivity (Wildman–Crippen MR) is 119 cm³/mol. The molecular formula is C24H28ClN3O2. The number of amides is 2. The molecule has 158 valence electrons. The maximum atomic E-state index is 12.8. The van der Waals surface area contributed by atoms with Crippen molar-refractivity contribution < 1.29 is 9.59 Å². The van der Waals surface area contributed by atoms with Gasteiger partial charge < -0.3 is 16.0 Å². The normalized spacial score (nSPS) is 31.3. The van der Waals surface area contributed by atoms with Gasteiger partial charge in [0.25, 0.3) is 0 Å². The zero-order valence-corrected chi connectivity index (χ0v) is 17.6. The fraction of sp³-hybridized carbons (Fsp3) is 0.417. The Kier molecular flexibility index (Phi) is 6.11. The van der Waals surface area contributed by atoms with Crippen LogP contribution in [-0.4, -0.2) is 37.0 Å². The fourth-order valence-electron chi connectivity index (χ4n) is 4.66. The third kappa shape index (κ3) is 4.37. The van der Waals surface area contributed by atoms with E-state index >= 15 is 0 Å². The molecule has 0 aromatic heterocycles. The Morgan fingerprint density at radius 3 is 1.50 bits per heavy atom. The molecule has 0 unspecified atom stereocenters. The van der Waals surface area contributed by atoms with Crippen molar-refractivity contribution in [1.82, 2.24) is 16.0 Å². The quantitative estimate of drug-likeness (QED) is 0.666. The van der Waals surface area contributed by atoms with E-state index < -0.39 is 0 Å². The van der Waals surface area contributed by atoms with Gasteiger partial charge >= 0.3 is 0 Å². The molecule has 1 aliphatic heterocycles. The Bertz CT molecular complexity index is 818. The Morgan fingerprint density at radius 1 is 0.700 bits per heavy atom. The van der Waals surface area contributed by atoms with E-state index in [4.69, 9.17) is 0 Å². The highest BCUT2D eigenvalue weighted by Crippen LogP contribution is 2.42. The summed E-state index contributed by atoms with van der Waals surface area (Å²) in [5.74, 6) is 0.240. The number of hydrogen-bond acceptors (Lipinski definition) is 3. The van der Waals surface area contributed by atoms with Gasteiger partial charge in [-0.2, -0.15) is 0 Å². The van der Waals surface area contributed by atoms with Crippen molar-refractivity contribution in [3.63, 3.8) is 0 Å². The molecular weight excluding hydrogens is 398 g/mol. The first-order valence-electron chi connectivity index (χ1n) is 10.6. The maximum Gasteiger partial charge on any atom is 0.225 e. The van der Waals surface area contributed by atoms with Crippen molar-refractivity contribution in [2.75, 3.05) is 13.1 Å². The summed E-state index contributed by atoms with van der Waals surface area (Å²) in [4.78, 5) is 25.7. The smallest absolute Gasteiger partial charge is 0.225 e. The van der Waals surface area contributed by atoms with Crippen molar-refractivity contribution in [2.45, 2.75) is 36.8 Å². The number of hydrogen-bond donors (Lipinski definition) is 3. The van der Waals surface area contributed by atoms with Gasteiger partial charge in [-0.15, -0.1) is 12.4 Å². The molecule has 30 heavy (non-hydrogen) atoms. The van der Waals surface area contributed by atoms with Crippen LogP contribution < -0.4 is 16.0 Å². The Labute approximate surface area is 183 Å². The van der Waals surface area contributed by atoms with Crippen LogP contribution in [0, 0.1) is 11.8 Å². The van der Waals surface area contributed by atoms with Crippen LogP contribution in [0.4, 0.5) is 0 Å². The minimum atomic E-state index is -0.291. The molecule has 6 heteroatoms. The number of benzene rings is 2. The molecule has 2 aromatic rings. The van der Waals surface area contributed by atoms with E-state index in [1.54, 1.807) is 0 Å². The first-order chi connectivity index (χ1) is 14.2. The number of rotatable bonds is 6. The predicted octanol–water partition coefficient (Wildman–Crippen LogP) is 2.59. The van der Waals surface area contributed by atoms with Crippen molar-refractivity contribution in [3.05, 3.63) is 71.8 Å². The highest BCUT2D eigenvalue weighted by Gasteiger charge is 2.46. The summed E-state index contributed by atoms with van der Waals surface area (Å²) in [6, 6.07) is 21.0. The van der Waals surface area contributed by atoms with Crippen LogP contribution in [0.1, 0.15) is 35.8 Å². The second-order valence-corrected chi connectivity index (χ2v) is 8.61. The summed E-state index contributed by atoms with van der Waals surface area (Å²) in [7, 11) is 0. The first kappa shape index (κ1) is 20.9. The highest BCUT2D eigenvalue weighted by atomic mass is 35.5. The van der Waals surface area contributed by atoms with E-state index in [-0.39, 0.29) is 48.1 Å². The van der Waals surface area contributed by atoms with Gasteiger partial charge in [0.05, 0.1) is 11.8 Å². The van der Waals surface area contributed by atoms with Crippen LogP contribution in [0.2, 0.25) is 0 Å². The van der Waals surface area contributed by atoms with Gasteiger partial charge in [0.15, 0.2) is 0 Å². The Morgan fingerprint density at radius 2 is 1.10 bits per heavy atom. The number of halogens is 1. The number of nitrogens with one attached hydrogen (secondary N) is 3. The van der Waals surface area contributed by atoms with Gasteiger partial charge in [0.1, 0.15) is 0 Å². The first-order valence-corrected chi connectivity index (χ1v) is 10.6. The van der Waals surface area contributed by atoms with Gasteiger partial charge in [0, 0.05) is 37.0 Å². The van der Waals surface area contributed by atoms with Crippen LogP contribution in [0.25, 0.3) is 0 Å². The molecule has 2 amide bonds. The summed E-state index contributed by atoms with van der Waals surface area (Å²) in [6.07, 6.45) is 1.96. The number of carbonyl (C=O) groups is 2. The molecule has 1 heterocycles. The molecule has 6 atom stereocenters. The zero-order valence-electron chi connectivity index (χ0n) is 16.8. The molecule has 0 bridgehead atoms. The van der Waals surface area contributed by atoms with Gasteiger partial charge in [-0.1, -0.05) is 60.7 Å². The van der Waals surface area contributed by atoms with Gasteiger partial charge in [-0.25, -0.2) is 0 Å². The van der Waals surface area contributed by atoms with E-state index in [0.29, 0.717) is 24.9 Å². The molecule has 1 saturated heterocycles. The minimum Gasteiger partial charge on any atom is -0.352 e. The van der Waals surface area contributed by atoms with Gasteiger partial charge in [-0.3, -0.25) is 9.59 Å². The van der Waals surface area contributed by atoms with Crippen LogP contribution in [0.3, 0.4) is 0 Å². The van der Waals surface area contributed by atoms with Crippen molar-refractivity contribution in [3.8, 4) is 0 Å². The zero-order chi connectivity index (χ0) is 19.8. The largest absolute Gasteiger partial charge is 0.352 e. The molecule has 0 spiro atoms. The Hall–Kier alpha value is -2.37. The van der Waals surface area contributed by atoms with Crippen molar-refractivity contribution in [1.29, 1.82) is 0 Å². The van der Waals surface area contributed by atoms with E-state index in [2.05, 4.69) is 40.2 Å². The van der Waals surface area contributed by atoms with Crippen LogP contribution >= 0.6 is 12.4 Å². The molecule has 3 N–H and O–H groups in total. The van der Waals surface area contributed by atoms with Crippen LogP contribution in [-0.2, 0) is 9.59 Å². The molecule has 3 fully saturated rings. The summed E-state index contributed by atoms with van der Waals surface area (Å²) in [6.45, 7) is 1.14. The number of carbonyl (C=O) groups excluding carboxylic acids is 2. The topological polar surface area (TPSA) is 70.2 Å². The Balaban J connectivity index is 0.00000218. The SMILES string of the molecule is Cl.O=C(N[C@H]1C[C@@H]1c1ccccc1)[C@H]1CNC[C@@H]1C(=O)N[C@H]1C[C@@H]1c1ccccc1. The standard InChI is InChI=1S/C24H27N3O2.ClH/c28-23(26-21-11-17(21)15-7-3-1-4-8-15)19-13-25-14-20(19)24(29)27-22-12-18(22)16-9-5-2-6-10-16;/h1-10,17-22,25H,11-14H2,(H,26,28)(H,27,29);1H/t17-,18-,19+,20+,21+,22+;/m1./s1. The van der Waals surface area contributed by atoms with Crippen LogP contribution in [0.5, 0.6) is 0 Å². The molecule has 0 radical (unpaired) electrons. The summed E-state index contributed by atoms with van der Waals surface area (Å²) >= 11 is 0.